The summed E-state index contributed by atoms with van der Waals surface area (Å²) in [6, 6.07) is 7.39. The smallest absolute Gasteiger partial charge is 0.0638 e. The molecule has 3 heteroatoms. The first-order chi connectivity index (χ1) is 10.1. The van der Waals surface area contributed by atoms with E-state index in [-0.39, 0.29) is 0 Å². The predicted molar refractivity (Wildman–Crippen MR) is 86.4 cm³/mol. The van der Waals surface area contributed by atoms with Crippen LogP contribution in [0.4, 0.5) is 0 Å². The van der Waals surface area contributed by atoms with E-state index < -0.39 is 0 Å². The van der Waals surface area contributed by atoms with Crippen LogP contribution in [-0.4, -0.2) is 10.2 Å². The molecule has 3 rings (SSSR count). The minimum Gasteiger partial charge on any atom is -0.306 e. The van der Waals surface area contributed by atoms with Crippen LogP contribution in [0.15, 0.2) is 18.2 Å². The van der Waals surface area contributed by atoms with Crippen LogP contribution in [0.5, 0.6) is 0 Å². The summed E-state index contributed by atoms with van der Waals surface area (Å²) in [5, 5.41) is 10.9. The molecule has 1 heterocycles. The third-order valence-electron chi connectivity index (χ3n) is 4.74. The Hall–Kier alpha value is -1.61. The Morgan fingerprint density at radius 3 is 2.67 bits per heavy atom. The first-order valence-electron chi connectivity index (χ1n) is 8.00. The van der Waals surface area contributed by atoms with Crippen LogP contribution in [-0.2, 0) is 19.4 Å². The molecule has 2 aromatic rings. The number of H-pyrrole nitrogens is 1. The molecule has 1 aromatic heterocycles. The predicted octanol–water partition coefficient (Wildman–Crippen LogP) is 3.76. The summed E-state index contributed by atoms with van der Waals surface area (Å²) in [7, 11) is 0. The highest BCUT2D eigenvalue weighted by Gasteiger charge is 2.13. The van der Waals surface area contributed by atoms with Crippen molar-refractivity contribution in [2.45, 2.75) is 59.0 Å². The third kappa shape index (κ3) is 3.03. The fraction of sp³-hybridized carbons (Fsp3) is 0.500. The van der Waals surface area contributed by atoms with Crippen LogP contribution in [0.1, 0.15) is 59.4 Å². The van der Waals surface area contributed by atoms with Gasteiger partial charge in [0.2, 0.25) is 0 Å². The summed E-state index contributed by atoms with van der Waals surface area (Å²) in [5.41, 5.74) is 8.06. The summed E-state index contributed by atoms with van der Waals surface area (Å²) >= 11 is 0. The first kappa shape index (κ1) is 14.3. The zero-order chi connectivity index (χ0) is 14.8. The van der Waals surface area contributed by atoms with Crippen molar-refractivity contribution in [3.63, 3.8) is 0 Å². The van der Waals surface area contributed by atoms with E-state index in [1.807, 2.05) is 0 Å². The Kier molecular flexibility index (Phi) is 4.11. The molecule has 0 radical (unpaired) electrons. The largest absolute Gasteiger partial charge is 0.306 e. The van der Waals surface area contributed by atoms with Gasteiger partial charge in [-0.05, 0) is 63.1 Å². The Balaban J connectivity index is 1.69. The number of benzene rings is 1. The Morgan fingerprint density at radius 2 is 1.95 bits per heavy atom. The number of fused-ring (bicyclic) bond motifs is 1. The molecule has 0 aliphatic heterocycles. The van der Waals surface area contributed by atoms with Gasteiger partial charge >= 0.3 is 0 Å². The van der Waals surface area contributed by atoms with Gasteiger partial charge < -0.3 is 5.32 Å². The van der Waals surface area contributed by atoms with E-state index in [0.717, 1.165) is 17.9 Å². The van der Waals surface area contributed by atoms with Crippen LogP contribution in [0.25, 0.3) is 0 Å². The molecular formula is C18H25N3. The molecular weight excluding hydrogens is 258 g/mol. The lowest BCUT2D eigenvalue weighted by atomic mass is 9.89. The maximum absolute atomic E-state index is 4.26. The highest BCUT2D eigenvalue weighted by atomic mass is 15.1. The van der Waals surface area contributed by atoms with Gasteiger partial charge in [-0.1, -0.05) is 18.2 Å². The number of aromatic amines is 1. The van der Waals surface area contributed by atoms with E-state index in [1.54, 1.807) is 11.1 Å². The van der Waals surface area contributed by atoms with Gasteiger partial charge in [0.1, 0.15) is 0 Å². The molecule has 2 N–H and O–H groups in total. The molecule has 0 saturated carbocycles. The molecule has 112 valence electrons. The lowest BCUT2D eigenvalue weighted by molar-refractivity contribution is 0.570. The number of aromatic nitrogens is 2. The number of hydrogen-bond donors (Lipinski definition) is 2. The Bertz CT molecular complexity index is 608. The zero-order valence-electron chi connectivity index (χ0n) is 13.3. The van der Waals surface area contributed by atoms with E-state index >= 15 is 0 Å². The van der Waals surface area contributed by atoms with Gasteiger partial charge in [-0.2, -0.15) is 5.10 Å². The normalized spacial score (nSPS) is 15.8. The third-order valence-corrected chi connectivity index (χ3v) is 4.74. The number of hydrogen-bond acceptors (Lipinski definition) is 2. The second-order valence-corrected chi connectivity index (χ2v) is 6.25. The van der Waals surface area contributed by atoms with Crippen LogP contribution in [0, 0.1) is 13.8 Å². The minimum atomic E-state index is 0.367. The van der Waals surface area contributed by atoms with Crippen LogP contribution >= 0.6 is 0 Å². The molecule has 0 amide bonds. The zero-order valence-corrected chi connectivity index (χ0v) is 13.3. The van der Waals surface area contributed by atoms with Crippen molar-refractivity contribution in [1.82, 2.24) is 15.5 Å². The average Bonchev–Trinajstić information content (AvgIpc) is 2.83. The second-order valence-electron chi connectivity index (χ2n) is 6.25. The van der Waals surface area contributed by atoms with E-state index in [0.29, 0.717) is 6.04 Å². The fourth-order valence-corrected chi connectivity index (χ4v) is 3.23. The van der Waals surface area contributed by atoms with Crippen LogP contribution in [0.3, 0.4) is 0 Å². The molecule has 1 aliphatic carbocycles. The Labute approximate surface area is 127 Å². The molecule has 3 nitrogen and oxygen atoms in total. The first-order valence-corrected chi connectivity index (χ1v) is 8.00. The molecule has 1 atom stereocenters. The van der Waals surface area contributed by atoms with Crippen molar-refractivity contribution >= 4 is 0 Å². The maximum atomic E-state index is 4.26. The van der Waals surface area contributed by atoms with Crippen LogP contribution in [0.2, 0.25) is 0 Å². The fourth-order valence-electron chi connectivity index (χ4n) is 3.23. The van der Waals surface area contributed by atoms with Crippen molar-refractivity contribution in [3.8, 4) is 0 Å². The highest BCUT2D eigenvalue weighted by Crippen LogP contribution is 2.25. The maximum Gasteiger partial charge on any atom is 0.0638 e. The summed E-state index contributed by atoms with van der Waals surface area (Å²) in [6.45, 7) is 7.26. The molecule has 0 bridgehead atoms. The number of aryl methyl sites for hydroxylation is 4. The lowest BCUT2D eigenvalue weighted by Gasteiger charge is -2.20. The Morgan fingerprint density at radius 1 is 1.19 bits per heavy atom. The van der Waals surface area contributed by atoms with Gasteiger partial charge in [-0.3, -0.25) is 5.10 Å². The van der Waals surface area contributed by atoms with E-state index in [9.17, 15) is 0 Å². The van der Waals surface area contributed by atoms with Crippen LogP contribution < -0.4 is 5.32 Å². The number of nitrogens with one attached hydrogen (secondary N) is 2. The molecule has 21 heavy (non-hydrogen) atoms. The van der Waals surface area contributed by atoms with Crippen molar-refractivity contribution < 1.29 is 0 Å². The van der Waals surface area contributed by atoms with Gasteiger partial charge in [0, 0.05) is 23.8 Å². The average molecular weight is 283 g/mol. The molecule has 0 spiro atoms. The van der Waals surface area contributed by atoms with Crippen molar-refractivity contribution in [2.24, 2.45) is 0 Å². The molecule has 0 fully saturated rings. The summed E-state index contributed by atoms with van der Waals surface area (Å²) in [4.78, 5) is 0. The van der Waals surface area contributed by atoms with Gasteiger partial charge in [0.25, 0.3) is 0 Å². The van der Waals surface area contributed by atoms with E-state index in [2.05, 4.69) is 54.5 Å². The monoisotopic (exact) mass is 283 g/mol. The molecule has 1 aromatic carbocycles. The molecule has 1 aliphatic rings. The van der Waals surface area contributed by atoms with Gasteiger partial charge in [-0.25, -0.2) is 0 Å². The number of rotatable bonds is 4. The molecule has 0 saturated heterocycles. The van der Waals surface area contributed by atoms with E-state index in [4.69, 9.17) is 0 Å². The van der Waals surface area contributed by atoms with Crippen molar-refractivity contribution in [2.75, 3.05) is 0 Å². The summed E-state index contributed by atoms with van der Waals surface area (Å²) in [5.74, 6) is 0. The summed E-state index contributed by atoms with van der Waals surface area (Å²) < 4.78 is 0. The second kappa shape index (κ2) is 6.02. The minimum absolute atomic E-state index is 0.367. The van der Waals surface area contributed by atoms with Gasteiger partial charge in [0.05, 0.1) is 5.69 Å². The molecule has 1 unspecified atom stereocenters. The van der Waals surface area contributed by atoms with E-state index in [1.165, 1.54) is 36.8 Å². The standard InChI is InChI=1S/C18H25N3/c1-12(19-11-18-13(2)20-21-14(18)3)16-9-8-15-6-4-5-7-17(15)10-16/h8-10,12,19H,4-7,11H2,1-3H3,(H,20,21). The number of nitrogens with zero attached hydrogens (tertiary/aromatic N) is 1. The summed E-state index contributed by atoms with van der Waals surface area (Å²) in [6.07, 6.45) is 5.19. The van der Waals surface area contributed by atoms with Gasteiger partial charge in [-0.15, -0.1) is 0 Å². The topological polar surface area (TPSA) is 40.7 Å². The van der Waals surface area contributed by atoms with Gasteiger partial charge in [0.15, 0.2) is 0 Å². The SMILES string of the molecule is Cc1n[nH]c(C)c1CNC(C)c1ccc2c(c1)CCCC2. The van der Waals surface area contributed by atoms with Crippen molar-refractivity contribution in [3.05, 3.63) is 51.8 Å². The van der Waals surface area contributed by atoms with Crippen molar-refractivity contribution in [1.29, 1.82) is 0 Å². The highest BCUT2D eigenvalue weighted by molar-refractivity contribution is 5.35. The lowest BCUT2D eigenvalue weighted by Crippen LogP contribution is -2.19. The quantitative estimate of drug-likeness (QED) is 0.897.